The molecule has 2 nitrogen and oxygen atoms in total. The van der Waals surface area contributed by atoms with Crippen LogP contribution in [0.2, 0.25) is 0 Å². The second-order valence-corrected chi connectivity index (χ2v) is 4.75. The van der Waals surface area contributed by atoms with Crippen LogP contribution in [0.5, 0.6) is 5.75 Å². The Morgan fingerprint density at radius 3 is 2.60 bits per heavy atom. The van der Waals surface area contributed by atoms with Crippen LogP contribution in [0.1, 0.15) is 24.8 Å². The van der Waals surface area contributed by atoms with Gasteiger partial charge in [-0.1, -0.05) is 15.9 Å². The zero-order valence-corrected chi connectivity index (χ0v) is 9.51. The molecular formula is C11H9BrFNO. The van der Waals surface area contributed by atoms with Gasteiger partial charge in [0.25, 0.3) is 0 Å². The maximum Gasteiger partial charge on any atom is 0.166 e. The van der Waals surface area contributed by atoms with Crippen LogP contribution in [0.3, 0.4) is 0 Å². The summed E-state index contributed by atoms with van der Waals surface area (Å²) in [4.78, 5) is 0. The van der Waals surface area contributed by atoms with Crippen molar-refractivity contribution in [3.05, 3.63) is 28.0 Å². The summed E-state index contributed by atoms with van der Waals surface area (Å²) in [5.41, 5.74) is -0.280. The molecule has 15 heavy (non-hydrogen) atoms. The van der Waals surface area contributed by atoms with E-state index in [-0.39, 0.29) is 5.75 Å². The lowest BCUT2D eigenvalue weighted by Crippen LogP contribution is -2.32. The summed E-state index contributed by atoms with van der Waals surface area (Å²) < 4.78 is 13.8. The Labute approximate surface area is 95.5 Å². The third-order valence-corrected chi connectivity index (χ3v) is 3.42. The number of phenols is 1. The average Bonchev–Trinajstić information content (AvgIpc) is 2.12. The predicted octanol–water partition coefficient (Wildman–Crippen LogP) is 3.24. The van der Waals surface area contributed by atoms with E-state index in [0.717, 1.165) is 6.42 Å². The Hall–Kier alpha value is -1.08. The van der Waals surface area contributed by atoms with Gasteiger partial charge in [0.2, 0.25) is 0 Å². The summed E-state index contributed by atoms with van der Waals surface area (Å²) in [5.74, 6) is -1.07. The number of hydrogen-bond donors (Lipinski definition) is 1. The fourth-order valence-corrected chi connectivity index (χ4v) is 2.33. The van der Waals surface area contributed by atoms with Crippen molar-refractivity contribution in [1.29, 1.82) is 5.26 Å². The van der Waals surface area contributed by atoms with Crippen molar-refractivity contribution >= 4 is 15.9 Å². The summed E-state index contributed by atoms with van der Waals surface area (Å²) in [6, 6.07) is 5.00. The van der Waals surface area contributed by atoms with Crippen molar-refractivity contribution in [2.24, 2.45) is 0 Å². The first kappa shape index (κ1) is 10.4. The molecule has 0 saturated heterocycles. The second-order valence-electron chi connectivity index (χ2n) is 3.83. The van der Waals surface area contributed by atoms with Crippen LogP contribution in [-0.4, -0.2) is 5.11 Å². The third-order valence-electron chi connectivity index (χ3n) is 2.96. The fraction of sp³-hybridized carbons (Fsp3) is 0.364. The summed E-state index contributed by atoms with van der Waals surface area (Å²) >= 11 is 3.16. The minimum Gasteiger partial charge on any atom is -0.505 e. The van der Waals surface area contributed by atoms with Gasteiger partial charge < -0.3 is 5.11 Å². The minimum atomic E-state index is -0.686. The lowest BCUT2D eigenvalue weighted by atomic mass is 9.65. The SMILES string of the molecule is N#CC1(c2cc(Br)cc(F)c2O)CCC1. The number of nitriles is 1. The first-order chi connectivity index (χ1) is 7.09. The fourth-order valence-electron chi connectivity index (χ4n) is 1.90. The van der Waals surface area contributed by atoms with Crippen LogP contribution < -0.4 is 0 Å². The maximum atomic E-state index is 13.3. The number of benzene rings is 1. The molecule has 0 spiro atoms. The molecule has 4 heteroatoms. The summed E-state index contributed by atoms with van der Waals surface area (Å²) in [5, 5.41) is 18.7. The number of phenolic OH excluding ortho intramolecular Hbond substituents is 1. The van der Waals surface area contributed by atoms with Gasteiger partial charge in [-0.15, -0.1) is 0 Å². The molecule has 1 fully saturated rings. The van der Waals surface area contributed by atoms with Gasteiger partial charge in [0.15, 0.2) is 11.6 Å². The van der Waals surface area contributed by atoms with Crippen LogP contribution in [0.25, 0.3) is 0 Å². The zero-order valence-electron chi connectivity index (χ0n) is 7.93. The molecule has 1 aromatic rings. The highest BCUT2D eigenvalue weighted by molar-refractivity contribution is 9.10. The summed E-state index contributed by atoms with van der Waals surface area (Å²) in [7, 11) is 0. The molecule has 0 unspecified atom stereocenters. The number of rotatable bonds is 1. The largest absolute Gasteiger partial charge is 0.505 e. The van der Waals surface area contributed by atoms with E-state index in [9.17, 15) is 9.50 Å². The van der Waals surface area contributed by atoms with E-state index in [1.807, 2.05) is 0 Å². The number of aromatic hydroxyl groups is 1. The van der Waals surface area contributed by atoms with Crippen molar-refractivity contribution < 1.29 is 9.50 Å². The summed E-state index contributed by atoms with van der Waals surface area (Å²) in [6.07, 6.45) is 2.32. The van der Waals surface area contributed by atoms with E-state index in [2.05, 4.69) is 22.0 Å². The second kappa shape index (κ2) is 3.49. The van der Waals surface area contributed by atoms with E-state index >= 15 is 0 Å². The van der Waals surface area contributed by atoms with Gasteiger partial charge >= 0.3 is 0 Å². The van der Waals surface area contributed by atoms with E-state index in [1.54, 1.807) is 6.07 Å². The van der Waals surface area contributed by atoms with E-state index < -0.39 is 11.2 Å². The molecule has 0 bridgehead atoms. The maximum absolute atomic E-state index is 13.3. The number of hydrogen-bond acceptors (Lipinski definition) is 2. The Balaban J connectivity index is 2.57. The Bertz CT molecular complexity index is 449. The molecule has 0 heterocycles. The van der Waals surface area contributed by atoms with Crippen LogP contribution in [0.15, 0.2) is 16.6 Å². The third kappa shape index (κ3) is 1.51. The molecule has 0 aliphatic heterocycles. The van der Waals surface area contributed by atoms with Gasteiger partial charge in [0, 0.05) is 10.0 Å². The Morgan fingerprint density at radius 1 is 1.47 bits per heavy atom. The van der Waals surface area contributed by atoms with Gasteiger partial charge in [-0.05, 0) is 31.4 Å². The van der Waals surface area contributed by atoms with Crippen molar-refractivity contribution in [1.82, 2.24) is 0 Å². The van der Waals surface area contributed by atoms with Crippen molar-refractivity contribution in [2.75, 3.05) is 0 Å². The molecule has 1 aliphatic rings. The number of halogens is 2. The molecule has 78 valence electrons. The highest BCUT2D eigenvalue weighted by Crippen LogP contribution is 2.47. The molecule has 0 atom stereocenters. The lowest BCUT2D eigenvalue weighted by molar-refractivity contribution is 0.306. The molecular weight excluding hydrogens is 261 g/mol. The Morgan fingerprint density at radius 2 is 2.13 bits per heavy atom. The van der Waals surface area contributed by atoms with Crippen molar-refractivity contribution in [3.63, 3.8) is 0 Å². The highest BCUT2D eigenvalue weighted by Gasteiger charge is 2.41. The molecule has 1 N–H and O–H groups in total. The monoisotopic (exact) mass is 269 g/mol. The molecule has 1 saturated carbocycles. The van der Waals surface area contributed by atoms with E-state index in [4.69, 9.17) is 5.26 Å². The highest BCUT2D eigenvalue weighted by atomic mass is 79.9. The molecule has 0 aromatic heterocycles. The smallest absolute Gasteiger partial charge is 0.166 e. The molecule has 0 amide bonds. The van der Waals surface area contributed by atoms with Gasteiger partial charge in [-0.2, -0.15) is 5.26 Å². The predicted molar refractivity (Wildman–Crippen MR) is 56.9 cm³/mol. The van der Waals surface area contributed by atoms with Crippen LogP contribution in [0, 0.1) is 17.1 Å². The summed E-state index contributed by atoms with van der Waals surface area (Å²) in [6.45, 7) is 0. The Kier molecular flexibility index (Phi) is 2.43. The van der Waals surface area contributed by atoms with Gasteiger partial charge in [0.05, 0.1) is 11.5 Å². The van der Waals surface area contributed by atoms with Gasteiger partial charge in [-0.25, -0.2) is 4.39 Å². The van der Waals surface area contributed by atoms with Crippen LogP contribution in [-0.2, 0) is 5.41 Å². The van der Waals surface area contributed by atoms with E-state index in [1.165, 1.54) is 6.07 Å². The normalized spacial score (nSPS) is 17.9. The molecule has 0 radical (unpaired) electrons. The molecule has 1 aromatic carbocycles. The van der Waals surface area contributed by atoms with Gasteiger partial charge in [0.1, 0.15) is 0 Å². The zero-order chi connectivity index (χ0) is 11.1. The van der Waals surface area contributed by atoms with Gasteiger partial charge in [-0.3, -0.25) is 0 Å². The van der Waals surface area contributed by atoms with Crippen molar-refractivity contribution in [2.45, 2.75) is 24.7 Å². The first-order valence-electron chi connectivity index (χ1n) is 4.69. The topological polar surface area (TPSA) is 44.0 Å². The lowest BCUT2D eigenvalue weighted by Gasteiger charge is -2.36. The quantitative estimate of drug-likeness (QED) is 0.851. The van der Waals surface area contributed by atoms with Crippen molar-refractivity contribution in [3.8, 4) is 11.8 Å². The average molecular weight is 270 g/mol. The standard InChI is InChI=1S/C11H9BrFNO/c12-7-4-8(10(15)9(13)5-7)11(6-14)2-1-3-11/h4-5,15H,1-3H2. The first-order valence-corrected chi connectivity index (χ1v) is 5.48. The van der Waals surface area contributed by atoms with Crippen LogP contribution in [0.4, 0.5) is 4.39 Å². The minimum absolute atomic E-state index is 0.389. The number of nitrogens with zero attached hydrogens (tertiary/aromatic N) is 1. The molecule has 2 rings (SSSR count). The molecule has 1 aliphatic carbocycles. The van der Waals surface area contributed by atoms with Crippen LogP contribution >= 0.6 is 15.9 Å². The van der Waals surface area contributed by atoms with E-state index in [0.29, 0.717) is 22.9 Å².